The number of carbonyl (C=O) groups excluding carboxylic acids is 1. The third-order valence-corrected chi connectivity index (χ3v) is 4.75. The minimum Gasteiger partial charge on any atom is -0.328 e. The van der Waals surface area contributed by atoms with Crippen molar-refractivity contribution in [2.24, 2.45) is 11.7 Å². The van der Waals surface area contributed by atoms with Crippen LogP contribution in [0.1, 0.15) is 46.5 Å². The lowest BCUT2D eigenvalue weighted by atomic mass is 9.85. The van der Waals surface area contributed by atoms with E-state index in [2.05, 4.69) is 38.2 Å². The number of carbonyl (C=O) groups is 1. The van der Waals surface area contributed by atoms with Gasteiger partial charge in [-0.05, 0) is 43.5 Å². The molecule has 2 unspecified atom stereocenters. The molecule has 0 heterocycles. The normalized spacial score (nSPS) is 22.9. The molecule has 0 spiro atoms. The van der Waals surface area contributed by atoms with Gasteiger partial charge in [-0.1, -0.05) is 27.2 Å². The molecular formula is C17H26N2OS. The van der Waals surface area contributed by atoms with Crippen LogP contribution in [0.2, 0.25) is 0 Å². The van der Waals surface area contributed by atoms with Crippen molar-refractivity contribution in [3.8, 4) is 0 Å². The number of rotatable bonds is 3. The highest BCUT2D eigenvalue weighted by atomic mass is 32.2. The molecule has 0 aliphatic heterocycles. The van der Waals surface area contributed by atoms with E-state index in [0.29, 0.717) is 0 Å². The van der Waals surface area contributed by atoms with Crippen molar-refractivity contribution in [1.29, 1.82) is 0 Å². The summed E-state index contributed by atoms with van der Waals surface area (Å²) < 4.78 is 0.197. The zero-order chi connectivity index (χ0) is 15.5. The van der Waals surface area contributed by atoms with Gasteiger partial charge in [-0.25, -0.2) is 0 Å². The second kappa shape index (κ2) is 6.84. The van der Waals surface area contributed by atoms with E-state index < -0.39 is 0 Å². The smallest absolute Gasteiger partial charge is 0.227 e. The van der Waals surface area contributed by atoms with Crippen LogP contribution < -0.4 is 11.1 Å². The molecule has 1 aromatic rings. The van der Waals surface area contributed by atoms with E-state index in [0.717, 1.165) is 31.4 Å². The highest BCUT2D eigenvalue weighted by Gasteiger charge is 2.25. The van der Waals surface area contributed by atoms with Crippen molar-refractivity contribution in [3.63, 3.8) is 0 Å². The lowest BCUT2D eigenvalue weighted by molar-refractivity contribution is -0.120. The van der Waals surface area contributed by atoms with Crippen molar-refractivity contribution in [2.75, 3.05) is 5.32 Å². The van der Waals surface area contributed by atoms with E-state index in [1.807, 2.05) is 23.9 Å². The van der Waals surface area contributed by atoms with Crippen LogP contribution in [0, 0.1) is 5.92 Å². The van der Waals surface area contributed by atoms with Crippen LogP contribution in [0.15, 0.2) is 29.2 Å². The Balaban J connectivity index is 1.92. The lowest BCUT2D eigenvalue weighted by Gasteiger charge is -2.25. The quantitative estimate of drug-likeness (QED) is 0.829. The van der Waals surface area contributed by atoms with E-state index in [9.17, 15) is 4.79 Å². The second-order valence-corrected chi connectivity index (χ2v) is 8.75. The van der Waals surface area contributed by atoms with Crippen molar-refractivity contribution in [1.82, 2.24) is 0 Å². The molecule has 1 fully saturated rings. The first-order valence-corrected chi connectivity index (χ1v) is 8.51. The number of benzene rings is 1. The maximum absolute atomic E-state index is 12.3. The number of hydrogen-bond donors (Lipinski definition) is 2. The van der Waals surface area contributed by atoms with Gasteiger partial charge < -0.3 is 11.1 Å². The number of anilines is 1. The Bertz CT molecular complexity index is 479. The summed E-state index contributed by atoms with van der Waals surface area (Å²) in [6.07, 6.45) is 3.87. The molecule has 1 amide bonds. The minimum absolute atomic E-state index is 0.0670. The van der Waals surface area contributed by atoms with Gasteiger partial charge in [-0.2, -0.15) is 0 Å². The Morgan fingerprint density at radius 2 is 1.90 bits per heavy atom. The number of nitrogens with two attached hydrogens (primary N) is 1. The lowest BCUT2D eigenvalue weighted by Crippen LogP contribution is -2.34. The van der Waals surface area contributed by atoms with E-state index in [4.69, 9.17) is 5.73 Å². The largest absolute Gasteiger partial charge is 0.328 e. The highest BCUT2D eigenvalue weighted by Crippen LogP contribution is 2.32. The van der Waals surface area contributed by atoms with Gasteiger partial charge in [0, 0.05) is 27.3 Å². The Labute approximate surface area is 132 Å². The van der Waals surface area contributed by atoms with E-state index in [-0.39, 0.29) is 22.6 Å². The van der Waals surface area contributed by atoms with Crippen LogP contribution in [-0.4, -0.2) is 16.7 Å². The standard InChI is InChI=1S/C17H26N2OS/c1-17(2,3)21-15-9-7-14(8-10-15)19-16(20)12-5-4-6-13(18)11-12/h7-10,12-13H,4-6,11,18H2,1-3H3,(H,19,20). The molecular weight excluding hydrogens is 280 g/mol. The van der Waals surface area contributed by atoms with Crippen molar-refractivity contribution >= 4 is 23.4 Å². The second-order valence-electron chi connectivity index (χ2n) is 6.85. The van der Waals surface area contributed by atoms with Gasteiger partial charge in [-0.3, -0.25) is 4.79 Å². The van der Waals surface area contributed by atoms with E-state index in [1.54, 1.807) is 0 Å². The summed E-state index contributed by atoms with van der Waals surface area (Å²) >= 11 is 1.83. The summed E-state index contributed by atoms with van der Waals surface area (Å²) in [7, 11) is 0. The topological polar surface area (TPSA) is 55.1 Å². The van der Waals surface area contributed by atoms with Gasteiger partial charge in [-0.15, -0.1) is 11.8 Å². The molecule has 2 rings (SSSR count). The molecule has 3 N–H and O–H groups in total. The molecule has 2 atom stereocenters. The van der Waals surface area contributed by atoms with Gasteiger partial charge in [0.15, 0.2) is 0 Å². The van der Waals surface area contributed by atoms with Gasteiger partial charge in [0.05, 0.1) is 0 Å². The predicted octanol–water partition coefficient (Wildman–Crippen LogP) is 4.03. The fourth-order valence-electron chi connectivity index (χ4n) is 2.67. The first kappa shape index (κ1) is 16.4. The number of thioether (sulfide) groups is 1. The third-order valence-electron chi connectivity index (χ3n) is 3.63. The van der Waals surface area contributed by atoms with Gasteiger partial charge in [0.1, 0.15) is 0 Å². The average molecular weight is 306 g/mol. The maximum Gasteiger partial charge on any atom is 0.227 e. The number of hydrogen-bond acceptors (Lipinski definition) is 3. The average Bonchev–Trinajstić information content (AvgIpc) is 2.39. The van der Waals surface area contributed by atoms with Crippen LogP contribution in [0.4, 0.5) is 5.69 Å². The molecule has 1 aliphatic carbocycles. The van der Waals surface area contributed by atoms with Crippen LogP contribution in [0.5, 0.6) is 0 Å². The predicted molar refractivity (Wildman–Crippen MR) is 90.6 cm³/mol. The SMILES string of the molecule is CC(C)(C)Sc1ccc(NC(=O)C2CCCC(N)C2)cc1. The van der Waals surface area contributed by atoms with E-state index >= 15 is 0 Å². The van der Waals surface area contributed by atoms with Crippen LogP contribution in [0.3, 0.4) is 0 Å². The molecule has 1 saturated carbocycles. The maximum atomic E-state index is 12.3. The fourth-order valence-corrected chi connectivity index (χ4v) is 3.65. The minimum atomic E-state index is 0.0670. The Kier molecular flexibility index (Phi) is 5.33. The van der Waals surface area contributed by atoms with Crippen molar-refractivity contribution < 1.29 is 4.79 Å². The molecule has 1 aliphatic rings. The van der Waals surface area contributed by atoms with Crippen molar-refractivity contribution in [3.05, 3.63) is 24.3 Å². The molecule has 0 radical (unpaired) electrons. The molecule has 0 saturated heterocycles. The Hall–Kier alpha value is -1.00. The number of amides is 1. The molecule has 116 valence electrons. The third kappa shape index (κ3) is 5.36. The number of nitrogens with one attached hydrogen (secondary N) is 1. The van der Waals surface area contributed by atoms with E-state index in [1.165, 1.54) is 4.90 Å². The van der Waals surface area contributed by atoms with Crippen LogP contribution in [-0.2, 0) is 4.79 Å². The summed E-state index contributed by atoms with van der Waals surface area (Å²) in [5.41, 5.74) is 6.82. The zero-order valence-electron chi connectivity index (χ0n) is 13.2. The fraction of sp³-hybridized carbons (Fsp3) is 0.588. The summed E-state index contributed by atoms with van der Waals surface area (Å²) in [5, 5.41) is 3.02. The summed E-state index contributed by atoms with van der Waals surface area (Å²) in [6, 6.07) is 8.28. The molecule has 21 heavy (non-hydrogen) atoms. The first-order valence-electron chi connectivity index (χ1n) is 7.69. The van der Waals surface area contributed by atoms with Crippen LogP contribution >= 0.6 is 11.8 Å². The molecule has 4 heteroatoms. The van der Waals surface area contributed by atoms with Gasteiger partial charge in [0.2, 0.25) is 5.91 Å². The van der Waals surface area contributed by atoms with Crippen LogP contribution in [0.25, 0.3) is 0 Å². The van der Waals surface area contributed by atoms with Gasteiger partial charge in [0.25, 0.3) is 0 Å². The van der Waals surface area contributed by atoms with Gasteiger partial charge >= 0.3 is 0 Å². The highest BCUT2D eigenvalue weighted by molar-refractivity contribution is 8.00. The molecule has 0 bridgehead atoms. The van der Waals surface area contributed by atoms with Crippen molar-refractivity contribution in [2.45, 2.75) is 62.1 Å². The molecule has 1 aromatic carbocycles. The summed E-state index contributed by atoms with van der Waals surface area (Å²) in [5.74, 6) is 0.179. The Morgan fingerprint density at radius 3 is 2.48 bits per heavy atom. The molecule has 0 aromatic heterocycles. The summed E-state index contributed by atoms with van der Waals surface area (Å²) in [4.78, 5) is 13.5. The summed E-state index contributed by atoms with van der Waals surface area (Å²) in [6.45, 7) is 6.58. The first-order chi connectivity index (χ1) is 9.83. The zero-order valence-corrected chi connectivity index (χ0v) is 14.0. The molecule has 3 nitrogen and oxygen atoms in total. The monoisotopic (exact) mass is 306 g/mol. The Morgan fingerprint density at radius 1 is 1.24 bits per heavy atom.